The Morgan fingerprint density at radius 1 is 0.649 bits per heavy atom. The van der Waals surface area contributed by atoms with Crippen molar-refractivity contribution in [3.05, 3.63) is 113 Å². The van der Waals surface area contributed by atoms with Gasteiger partial charge in [0.25, 0.3) is 0 Å². The van der Waals surface area contributed by atoms with E-state index in [-0.39, 0.29) is 0 Å². The quantitative estimate of drug-likeness (QED) is 0.239. The summed E-state index contributed by atoms with van der Waals surface area (Å²) in [4.78, 5) is 0.811. The fraction of sp³-hybridized carbons (Fsp3) is 0.118. The highest BCUT2D eigenvalue weighted by atomic mass is 32.2. The minimum absolute atomic E-state index is 0.396. The fourth-order valence-electron chi connectivity index (χ4n) is 6.22. The summed E-state index contributed by atoms with van der Waals surface area (Å²) in [6.45, 7) is 4.07. The minimum Gasteiger partial charge on any atom is -0.218 e. The van der Waals surface area contributed by atoms with Gasteiger partial charge in [-0.25, -0.2) is 8.42 Å². The van der Waals surface area contributed by atoms with Crippen LogP contribution in [0.2, 0.25) is 0 Å². The number of hydrogen-bond acceptors (Lipinski definition) is 2. The lowest BCUT2D eigenvalue weighted by Gasteiger charge is -2.18. The normalized spacial score (nSPS) is 16.2. The molecule has 0 N–H and O–H groups in total. The number of rotatable bonds is 2. The Morgan fingerprint density at radius 3 is 2.05 bits per heavy atom. The monoisotopic (exact) mass is 498 g/mol. The fourth-order valence-corrected chi connectivity index (χ4v) is 8.00. The van der Waals surface area contributed by atoms with Gasteiger partial charge in [0.05, 0.1) is 9.79 Å². The van der Waals surface area contributed by atoms with Crippen molar-refractivity contribution in [3.8, 4) is 33.4 Å². The molecule has 0 radical (unpaired) electrons. The van der Waals surface area contributed by atoms with Gasteiger partial charge in [-0.1, -0.05) is 97.4 Å². The second-order valence-corrected chi connectivity index (χ2v) is 11.9. The number of hydrogen-bond donors (Lipinski definition) is 0. The van der Waals surface area contributed by atoms with Crippen molar-refractivity contribution in [2.45, 2.75) is 36.5 Å². The Bertz CT molecular complexity index is 1880. The van der Waals surface area contributed by atoms with E-state index < -0.39 is 9.84 Å². The Morgan fingerprint density at radius 2 is 1.27 bits per heavy atom. The van der Waals surface area contributed by atoms with E-state index in [1.165, 1.54) is 33.2 Å². The first-order valence-corrected chi connectivity index (χ1v) is 14.3. The smallest absolute Gasteiger partial charge is 0.207 e. The highest BCUT2D eigenvalue weighted by Gasteiger charge is 2.29. The zero-order chi connectivity index (χ0) is 25.3. The van der Waals surface area contributed by atoms with Crippen LogP contribution in [0.25, 0.3) is 50.2 Å². The van der Waals surface area contributed by atoms with Crippen molar-refractivity contribution in [1.82, 2.24) is 0 Å². The molecular weight excluding hydrogens is 472 g/mol. The summed E-state index contributed by atoms with van der Waals surface area (Å²) >= 11 is 0. The maximum absolute atomic E-state index is 14.1. The molecule has 180 valence electrons. The van der Waals surface area contributed by atoms with Gasteiger partial charge in [0.2, 0.25) is 9.84 Å². The summed E-state index contributed by atoms with van der Waals surface area (Å²) in [6, 6.07) is 30.8. The zero-order valence-electron chi connectivity index (χ0n) is 20.9. The summed E-state index contributed by atoms with van der Waals surface area (Å²) in [5, 5.41) is 2.41. The standard InChI is InChI=1S/C34H26O2S/c1-3-22-19-23-9-6-15-32(21(23)2)37(35,36)33-16-8-12-26(31(33)20-22)27-17-18-30-25-11-5-4-10-24(25)28-13-7-14-29(27)34(28)30/h4-19H,3,20H2,1-2H3/b22-19-. The van der Waals surface area contributed by atoms with Gasteiger partial charge in [0.1, 0.15) is 0 Å². The topological polar surface area (TPSA) is 34.1 Å². The predicted octanol–water partition coefficient (Wildman–Crippen LogP) is 8.64. The van der Waals surface area contributed by atoms with E-state index in [0.29, 0.717) is 16.2 Å². The van der Waals surface area contributed by atoms with E-state index >= 15 is 0 Å². The first kappa shape index (κ1) is 22.3. The Labute approximate surface area is 217 Å². The molecule has 5 aromatic carbocycles. The van der Waals surface area contributed by atoms with Crippen molar-refractivity contribution in [1.29, 1.82) is 0 Å². The van der Waals surface area contributed by atoms with Crippen molar-refractivity contribution in [2.75, 3.05) is 0 Å². The molecule has 2 nitrogen and oxygen atoms in total. The van der Waals surface area contributed by atoms with E-state index in [9.17, 15) is 8.42 Å². The van der Waals surface area contributed by atoms with E-state index in [1.807, 2.05) is 25.1 Å². The number of benzene rings is 5. The maximum atomic E-state index is 14.1. The molecule has 2 aliphatic rings. The second-order valence-electron chi connectivity index (χ2n) is 10.0. The van der Waals surface area contributed by atoms with Crippen LogP contribution in [-0.4, -0.2) is 8.42 Å². The van der Waals surface area contributed by atoms with E-state index in [4.69, 9.17) is 0 Å². The third kappa shape index (κ3) is 3.14. The van der Waals surface area contributed by atoms with Gasteiger partial charge in [-0.15, -0.1) is 0 Å². The molecule has 2 bridgehead atoms. The molecule has 0 saturated heterocycles. The molecule has 1 aliphatic carbocycles. The molecule has 0 saturated carbocycles. The summed E-state index contributed by atoms with van der Waals surface area (Å²) in [5.41, 5.74) is 11.0. The van der Waals surface area contributed by atoms with E-state index in [0.717, 1.165) is 39.6 Å². The molecule has 7 rings (SSSR count). The van der Waals surface area contributed by atoms with Crippen LogP contribution >= 0.6 is 0 Å². The summed E-state index contributed by atoms with van der Waals surface area (Å²) in [7, 11) is -3.69. The predicted molar refractivity (Wildman–Crippen MR) is 152 cm³/mol. The SMILES string of the molecule is CC/C1=C/c2cccc(c2C)S(=O)(=O)c2cccc(-c3ccc4c5c(cccc35)-c3ccccc3-4)c2C1. The lowest BCUT2D eigenvalue weighted by Crippen LogP contribution is -2.09. The number of allylic oxidation sites excluding steroid dienone is 1. The molecule has 0 fully saturated rings. The summed E-state index contributed by atoms with van der Waals surface area (Å²) < 4.78 is 28.2. The second kappa shape index (κ2) is 8.03. The summed E-state index contributed by atoms with van der Waals surface area (Å²) in [6.07, 6.45) is 3.64. The van der Waals surface area contributed by atoms with Gasteiger partial charge in [-0.2, -0.15) is 0 Å². The average molecular weight is 499 g/mol. The highest BCUT2D eigenvalue weighted by Crippen LogP contribution is 2.50. The molecule has 0 aromatic heterocycles. The number of fused-ring (bicyclic) bond motifs is 6. The van der Waals surface area contributed by atoms with Crippen LogP contribution in [0, 0.1) is 6.92 Å². The van der Waals surface area contributed by atoms with Crippen molar-refractivity contribution in [3.63, 3.8) is 0 Å². The Balaban J connectivity index is 1.54. The lowest BCUT2D eigenvalue weighted by atomic mass is 9.89. The first-order valence-electron chi connectivity index (χ1n) is 12.8. The lowest BCUT2D eigenvalue weighted by molar-refractivity contribution is 0.594. The zero-order valence-corrected chi connectivity index (χ0v) is 21.7. The third-order valence-electron chi connectivity index (χ3n) is 8.09. The molecular formula is C34H26O2S. The van der Waals surface area contributed by atoms with Crippen LogP contribution in [-0.2, 0) is 16.3 Å². The molecule has 0 atom stereocenters. The van der Waals surface area contributed by atoms with Crippen LogP contribution in [0.4, 0.5) is 0 Å². The van der Waals surface area contributed by atoms with Crippen LogP contribution in [0.3, 0.4) is 0 Å². The van der Waals surface area contributed by atoms with Crippen LogP contribution in [0.5, 0.6) is 0 Å². The van der Waals surface area contributed by atoms with Crippen LogP contribution < -0.4 is 0 Å². The van der Waals surface area contributed by atoms with Gasteiger partial charge in [0.15, 0.2) is 0 Å². The molecule has 5 aromatic rings. The van der Waals surface area contributed by atoms with Gasteiger partial charge < -0.3 is 0 Å². The Kier molecular flexibility index (Phi) is 4.83. The molecule has 0 unspecified atom stereocenters. The van der Waals surface area contributed by atoms with Crippen LogP contribution in [0.1, 0.15) is 30.0 Å². The molecule has 0 amide bonds. The minimum atomic E-state index is -3.69. The van der Waals surface area contributed by atoms with E-state index in [1.54, 1.807) is 12.1 Å². The van der Waals surface area contributed by atoms with Crippen molar-refractivity contribution in [2.24, 2.45) is 0 Å². The van der Waals surface area contributed by atoms with Crippen molar-refractivity contribution >= 4 is 26.7 Å². The molecule has 37 heavy (non-hydrogen) atoms. The third-order valence-corrected chi connectivity index (χ3v) is 10.1. The Hall–Kier alpha value is -3.95. The largest absolute Gasteiger partial charge is 0.218 e. The maximum Gasteiger partial charge on any atom is 0.207 e. The van der Waals surface area contributed by atoms with Crippen LogP contribution in [0.15, 0.2) is 106 Å². The highest BCUT2D eigenvalue weighted by molar-refractivity contribution is 7.91. The van der Waals surface area contributed by atoms with E-state index in [2.05, 4.69) is 73.7 Å². The van der Waals surface area contributed by atoms with Gasteiger partial charge in [-0.05, 0) is 92.7 Å². The van der Waals surface area contributed by atoms with Gasteiger partial charge in [-0.3, -0.25) is 0 Å². The van der Waals surface area contributed by atoms with Gasteiger partial charge >= 0.3 is 0 Å². The number of sulfone groups is 1. The summed E-state index contributed by atoms with van der Waals surface area (Å²) in [5.74, 6) is 0. The first-order chi connectivity index (χ1) is 18.0. The molecule has 3 heteroatoms. The molecule has 1 aliphatic heterocycles. The molecule has 0 spiro atoms. The molecule has 1 heterocycles. The van der Waals surface area contributed by atoms with Gasteiger partial charge in [0, 0.05) is 0 Å². The average Bonchev–Trinajstić information content (AvgIpc) is 3.25. The van der Waals surface area contributed by atoms with Crippen molar-refractivity contribution < 1.29 is 8.42 Å².